The Kier molecular flexibility index (Phi) is 5.85. The van der Waals surface area contributed by atoms with E-state index in [1.165, 1.54) is 17.4 Å². The Bertz CT molecular complexity index is 1580. The average molecular weight is 507 g/mol. The van der Waals surface area contributed by atoms with Gasteiger partial charge >= 0.3 is 0 Å². The molecule has 4 N–H and O–H groups in total. The molecule has 0 aliphatic heterocycles. The lowest BCUT2D eigenvalue weighted by Crippen LogP contribution is -2.00. The van der Waals surface area contributed by atoms with E-state index >= 15 is 0 Å². The molecule has 14 heteroatoms. The van der Waals surface area contributed by atoms with E-state index in [0.29, 0.717) is 10.8 Å². The van der Waals surface area contributed by atoms with Gasteiger partial charge in [-0.25, -0.2) is 4.98 Å². The zero-order valence-corrected chi connectivity index (χ0v) is 18.8. The predicted octanol–water partition coefficient (Wildman–Crippen LogP) is 4.65. The minimum Gasteiger partial charge on any atom is -0.504 e. The van der Waals surface area contributed by atoms with E-state index in [9.17, 15) is 31.0 Å². The fourth-order valence-electron chi connectivity index (χ4n) is 2.92. The van der Waals surface area contributed by atoms with E-state index in [4.69, 9.17) is 0 Å². The number of phenols is 1. The molecule has 0 radical (unpaired) electrons. The Morgan fingerprint density at radius 2 is 1.64 bits per heavy atom. The number of aromatic nitrogens is 1. The van der Waals surface area contributed by atoms with Crippen molar-refractivity contribution in [3.8, 4) is 5.75 Å². The Morgan fingerprint density at radius 3 is 2.24 bits per heavy atom. The quantitative estimate of drug-likeness (QED) is 0.214. The van der Waals surface area contributed by atoms with Crippen LogP contribution in [0.3, 0.4) is 0 Å². The highest BCUT2D eigenvalue weighted by molar-refractivity contribution is 7.86. The fourth-order valence-corrected chi connectivity index (χ4v) is 4.60. The smallest absolute Gasteiger partial charge is 0.298 e. The van der Waals surface area contributed by atoms with Crippen LogP contribution in [0.15, 0.2) is 80.1 Å². The molecule has 0 amide bonds. The number of fused-ring (bicyclic) bond motifs is 1. The van der Waals surface area contributed by atoms with Crippen LogP contribution < -0.4 is 5.32 Å². The van der Waals surface area contributed by atoms with Crippen molar-refractivity contribution >= 4 is 64.5 Å². The predicted molar refractivity (Wildman–Crippen MR) is 121 cm³/mol. The van der Waals surface area contributed by atoms with Crippen LogP contribution in [-0.2, 0) is 20.2 Å². The SMILES string of the molecule is O=S(=O)(O)c1ccc2c(N=Nc3ccc(Nc4nccs4)cc3)c(O)c(S(=O)(=O)O)cc2c1. The number of hydrogen-bond acceptors (Lipinski definition) is 10. The molecule has 0 bridgehead atoms. The molecule has 1 aromatic heterocycles. The first kappa shape index (κ1) is 22.8. The molecule has 4 aromatic rings. The van der Waals surface area contributed by atoms with Crippen molar-refractivity contribution in [1.29, 1.82) is 0 Å². The molecule has 0 unspecified atom stereocenters. The van der Waals surface area contributed by atoms with Crippen molar-refractivity contribution in [2.75, 3.05) is 5.32 Å². The summed E-state index contributed by atoms with van der Waals surface area (Å²) in [5.41, 5.74) is 0.786. The Morgan fingerprint density at radius 1 is 0.909 bits per heavy atom. The van der Waals surface area contributed by atoms with Gasteiger partial charge in [0.2, 0.25) is 0 Å². The van der Waals surface area contributed by atoms with Gasteiger partial charge in [-0.15, -0.1) is 16.5 Å². The second kappa shape index (κ2) is 8.49. The van der Waals surface area contributed by atoms with Crippen molar-refractivity contribution in [2.24, 2.45) is 10.2 Å². The third-order valence-corrected chi connectivity index (χ3v) is 6.82. The third-order valence-electron chi connectivity index (χ3n) is 4.41. The van der Waals surface area contributed by atoms with Gasteiger partial charge in [-0.2, -0.15) is 21.9 Å². The molecule has 170 valence electrons. The van der Waals surface area contributed by atoms with Gasteiger partial charge in [-0.3, -0.25) is 9.11 Å². The number of azo groups is 1. The molecular formula is C19H14N4O7S3. The second-order valence-electron chi connectivity index (χ2n) is 6.61. The van der Waals surface area contributed by atoms with Crippen molar-refractivity contribution in [3.05, 3.63) is 60.1 Å². The number of nitrogens with zero attached hydrogens (tertiary/aromatic N) is 3. The van der Waals surface area contributed by atoms with Gasteiger partial charge in [0.1, 0.15) is 10.6 Å². The van der Waals surface area contributed by atoms with Crippen molar-refractivity contribution < 1.29 is 31.0 Å². The zero-order valence-electron chi connectivity index (χ0n) is 16.3. The molecule has 11 nitrogen and oxygen atoms in total. The first-order chi connectivity index (χ1) is 15.5. The molecule has 0 fully saturated rings. The van der Waals surface area contributed by atoms with Gasteiger partial charge in [-0.1, -0.05) is 6.07 Å². The first-order valence-electron chi connectivity index (χ1n) is 8.95. The highest BCUT2D eigenvalue weighted by atomic mass is 32.2. The van der Waals surface area contributed by atoms with Gasteiger partial charge in [-0.05, 0) is 47.9 Å². The first-order valence-corrected chi connectivity index (χ1v) is 12.7. The monoisotopic (exact) mass is 506 g/mol. The number of benzene rings is 3. The summed E-state index contributed by atoms with van der Waals surface area (Å²) in [6.07, 6.45) is 1.66. The third kappa shape index (κ3) is 4.99. The average Bonchev–Trinajstić information content (AvgIpc) is 3.25. The number of hydrogen-bond donors (Lipinski definition) is 4. The van der Waals surface area contributed by atoms with Crippen LogP contribution in [0.25, 0.3) is 10.8 Å². The van der Waals surface area contributed by atoms with E-state index in [-0.39, 0.29) is 16.5 Å². The van der Waals surface area contributed by atoms with Crippen LogP contribution in [-0.4, -0.2) is 36.0 Å². The molecule has 4 rings (SSSR count). The number of nitrogens with one attached hydrogen (secondary N) is 1. The standard InChI is InChI=1S/C19H14N4O7S3/c24-18-16(33(28,29)30)10-11-9-14(32(25,26)27)5-6-15(11)17(18)23-22-13-3-1-12(2-4-13)21-19-20-7-8-31-19/h1-10,24H,(H,20,21)(H,25,26,27)(H,28,29,30). The summed E-state index contributed by atoms with van der Waals surface area (Å²) < 4.78 is 65.0. The van der Waals surface area contributed by atoms with Crippen LogP contribution in [0.2, 0.25) is 0 Å². The lowest BCUT2D eigenvalue weighted by molar-refractivity contribution is 0.445. The fraction of sp³-hybridized carbons (Fsp3) is 0. The molecule has 3 aromatic carbocycles. The van der Waals surface area contributed by atoms with Gasteiger partial charge in [0.05, 0.1) is 10.6 Å². The number of thiazole rings is 1. The van der Waals surface area contributed by atoms with Crippen LogP contribution in [0.4, 0.5) is 22.2 Å². The molecular weight excluding hydrogens is 492 g/mol. The molecule has 0 saturated carbocycles. The second-order valence-corrected chi connectivity index (χ2v) is 10.3. The number of rotatable bonds is 6. The van der Waals surface area contributed by atoms with Crippen LogP contribution >= 0.6 is 11.3 Å². The normalized spacial score (nSPS) is 12.4. The summed E-state index contributed by atoms with van der Waals surface area (Å²) in [5.74, 6) is -0.865. The Labute approximate surface area is 191 Å². The zero-order chi connectivity index (χ0) is 23.8. The van der Waals surface area contributed by atoms with E-state index in [1.807, 2.05) is 5.38 Å². The molecule has 0 aliphatic rings. The van der Waals surface area contributed by atoms with Gasteiger partial charge in [0.15, 0.2) is 10.9 Å². The highest BCUT2D eigenvalue weighted by Crippen LogP contribution is 2.42. The van der Waals surface area contributed by atoms with Gasteiger partial charge in [0, 0.05) is 22.7 Å². The minimum atomic E-state index is -4.89. The maximum atomic E-state index is 11.7. The molecule has 0 atom stereocenters. The number of anilines is 2. The van der Waals surface area contributed by atoms with Crippen LogP contribution in [0.5, 0.6) is 5.75 Å². The summed E-state index contributed by atoms with van der Waals surface area (Å²) in [5, 5.41) is 24.1. The number of phenolic OH excluding ortho intramolecular Hbond substituents is 1. The van der Waals surface area contributed by atoms with Crippen LogP contribution in [0, 0.1) is 0 Å². The Hall–Kier alpha value is -3.43. The maximum Gasteiger partial charge on any atom is 0.298 e. The van der Waals surface area contributed by atoms with E-state index in [0.717, 1.165) is 23.9 Å². The summed E-state index contributed by atoms with van der Waals surface area (Å²) in [7, 11) is -9.47. The Balaban J connectivity index is 1.77. The van der Waals surface area contributed by atoms with Crippen molar-refractivity contribution in [1.82, 2.24) is 4.98 Å². The molecule has 0 spiro atoms. The topological polar surface area (TPSA) is 179 Å². The molecule has 0 saturated heterocycles. The van der Waals surface area contributed by atoms with E-state index in [1.54, 1.807) is 30.5 Å². The summed E-state index contributed by atoms with van der Waals surface area (Å²) in [6.45, 7) is 0. The minimum absolute atomic E-state index is 0.0208. The van der Waals surface area contributed by atoms with Crippen molar-refractivity contribution in [2.45, 2.75) is 9.79 Å². The molecule has 33 heavy (non-hydrogen) atoms. The van der Waals surface area contributed by atoms with Crippen molar-refractivity contribution in [3.63, 3.8) is 0 Å². The van der Waals surface area contributed by atoms with Gasteiger partial charge < -0.3 is 10.4 Å². The van der Waals surface area contributed by atoms with E-state index < -0.39 is 35.8 Å². The summed E-state index contributed by atoms with van der Waals surface area (Å²) in [6, 6.07) is 10.8. The van der Waals surface area contributed by atoms with Gasteiger partial charge in [0.25, 0.3) is 20.2 Å². The molecule has 1 heterocycles. The lowest BCUT2D eigenvalue weighted by Gasteiger charge is -2.09. The largest absolute Gasteiger partial charge is 0.504 e. The van der Waals surface area contributed by atoms with E-state index in [2.05, 4.69) is 20.5 Å². The summed E-state index contributed by atoms with van der Waals surface area (Å²) in [4.78, 5) is 2.72. The highest BCUT2D eigenvalue weighted by Gasteiger charge is 2.23. The lowest BCUT2D eigenvalue weighted by atomic mass is 10.1. The number of aromatic hydroxyl groups is 1. The summed E-state index contributed by atoms with van der Waals surface area (Å²) >= 11 is 1.42. The maximum absolute atomic E-state index is 11.7. The molecule has 0 aliphatic carbocycles. The van der Waals surface area contributed by atoms with Crippen LogP contribution in [0.1, 0.15) is 0 Å².